The highest BCUT2D eigenvalue weighted by Gasteiger charge is 2.37. The summed E-state index contributed by atoms with van der Waals surface area (Å²) >= 11 is 0. The number of quaternary nitrogens is 1. The summed E-state index contributed by atoms with van der Waals surface area (Å²) in [6.07, 6.45) is 0.863. The molecule has 10 heavy (non-hydrogen) atoms. The molecule has 0 aliphatic carbocycles. The number of nitrogens with zero attached hydrogens (tertiary/aromatic N) is 1. The van der Waals surface area contributed by atoms with Gasteiger partial charge >= 0.3 is 5.97 Å². The second-order valence-corrected chi connectivity index (χ2v) is 3.59. The van der Waals surface area contributed by atoms with Gasteiger partial charge < -0.3 is 9.22 Å². The summed E-state index contributed by atoms with van der Waals surface area (Å²) in [7, 11) is 6.03. The summed E-state index contributed by atoms with van der Waals surface area (Å²) in [4.78, 5) is 11.0. The van der Waals surface area contributed by atoms with E-state index in [9.17, 15) is 4.79 Å². The van der Waals surface area contributed by atoms with Gasteiger partial charge in [0.05, 0.1) is 27.7 Å². The number of cyclic esters (lactones) is 1. The molecule has 1 aliphatic rings. The summed E-state index contributed by atoms with van der Waals surface area (Å²) in [5, 5.41) is 0. The monoisotopic (exact) mass is 144 g/mol. The van der Waals surface area contributed by atoms with Crippen LogP contribution in [0.5, 0.6) is 0 Å². The van der Waals surface area contributed by atoms with E-state index in [0.717, 1.165) is 6.42 Å². The predicted molar refractivity (Wildman–Crippen MR) is 37.4 cm³/mol. The Kier molecular flexibility index (Phi) is 1.68. The van der Waals surface area contributed by atoms with Crippen LogP contribution in [0, 0.1) is 0 Å². The molecular formula is C7H14NO2+. The van der Waals surface area contributed by atoms with E-state index in [2.05, 4.69) is 0 Å². The van der Waals surface area contributed by atoms with Crippen molar-refractivity contribution >= 4 is 5.97 Å². The van der Waals surface area contributed by atoms with E-state index in [0.29, 0.717) is 11.1 Å². The fourth-order valence-electron chi connectivity index (χ4n) is 1.19. The second kappa shape index (κ2) is 2.23. The minimum atomic E-state index is -0.0486. The van der Waals surface area contributed by atoms with Crippen LogP contribution in [0.1, 0.15) is 6.42 Å². The van der Waals surface area contributed by atoms with Gasteiger partial charge in [0.1, 0.15) is 0 Å². The fourth-order valence-corrected chi connectivity index (χ4v) is 1.19. The van der Waals surface area contributed by atoms with Crippen LogP contribution in [0.15, 0.2) is 0 Å². The summed E-state index contributed by atoms with van der Waals surface area (Å²) in [5.74, 6) is -0.0486. The van der Waals surface area contributed by atoms with Crippen molar-refractivity contribution in [3.05, 3.63) is 0 Å². The van der Waals surface area contributed by atoms with E-state index < -0.39 is 0 Å². The topological polar surface area (TPSA) is 26.3 Å². The maximum Gasteiger partial charge on any atom is 0.365 e. The molecule has 0 aromatic rings. The number of rotatable bonds is 1. The standard InChI is InChI=1S/C7H14NO2/c1-8(2,3)6-4-5-10-7(6)9/h6H,4-5H2,1-3H3/q+1. The molecule has 1 rings (SSSR count). The van der Waals surface area contributed by atoms with Crippen LogP contribution >= 0.6 is 0 Å². The van der Waals surface area contributed by atoms with Gasteiger partial charge in [-0.25, -0.2) is 4.79 Å². The maximum absolute atomic E-state index is 11.0. The third-order valence-electron chi connectivity index (χ3n) is 1.84. The molecule has 1 fully saturated rings. The predicted octanol–water partition coefficient (Wildman–Crippen LogP) is 0.00810. The summed E-state index contributed by atoms with van der Waals surface area (Å²) in [6.45, 7) is 0.596. The first-order valence-electron chi connectivity index (χ1n) is 3.49. The minimum Gasteiger partial charge on any atom is -0.461 e. The normalized spacial score (nSPS) is 26.7. The van der Waals surface area contributed by atoms with Crippen molar-refractivity contribution in [3.8, 4) is 0 Å². The largest absolute Gasteiger partial charge is 0.461 e. The van der Waals surface area contributed by atoms with Gasteiger partial charge in [-0.2, -0.15) is 0 Å². The van der Waals surface area contributed by atoms with Crippen molar-refractivity contribution in [3.63, 3.8) is 0 Å². The Balaban J connectivity index is 2.64. The molecule has 3 heteroatoms. The third-order valence-corrected chi connectivity index (χ3v) is 1.84. The molecule has 1 atom stereocenters. The lowest BCUT2D eigenvalue weighted by molar-refractivity contribution is -0.886. The summed E-state index contributed by atoms with van der Waals surface area (Å²) < 4.78 is 5.52. The third kappa shape index (κ3) is 1.29. The first kappa shape index (κ1) is 7.54. The minimum absolute atomic E-state index is 0.0486. The second-order valence-electron chi connectivity index (χ2n) is 3.59. The molecule has 0 amide bonds. The van der Waals surface area contributed by atoms with Crippen LogP contribution in [0.3, 0.4) is 0 Å². The number of carbonyl (C=O) groups excluding carboxylic acids is 1. The van der Waals surface area contributed by atoms with Crippen molar-refractivity contribution in [2.24, 2.45) is 0 Å². The number of hydrogen-bond donors (Lipinski definition) is 0. The van der Waals surface area contributed by atoms with Crippen molar-refractivity contribution in [2.75, 3.05) is 27.7 Å². The Morgan fingerprint density at radius 3 is 2.30 bits per heavy atom. The lowest BCUT2D eigenvalue weighted by atomic mass is 10.2. The highest BCUT2D eigenvalue weighted by molar-refractivity contribution is 5.76. The van der Waals surface area contributed by atoms with Gasteiger partial charge in [0.15, 0.2) is 6.04 Å². The molecule has 0 radical (unpaired) electrons. The fraction of sp³-hybridized carbons (Fsp3) is 0.857. The summed E-state index contributed by atoms with van der Waals surface area (Å²) in [6, 6.07) is 0.0556. The molecule has 1 aliphatic heterocycles. The van der Waals surface area contributed by atoms with Gasteiger partial charge in [0.25, 0.3) is 0 Å². The van der Waals surface area contributed by atoms with Gasteiger partial charge in [0.2, 0.25) is 0 Å². The molecule has 0 spiro atoms. The lowest BCUT2D eigenvalue weighted by Gasteiger charge is -2.27. The first-order chi connectivity index (χ1) is 4.52. The van der Waals surface area contributed by atoms with E-state index >= 15 is 0 Å². The van der Waals surface area contributed by atoms with Crippen molar-refractivity contribution in [2.45, 2.75) is 12.5 Å². The van der Waals surface area contributed by atoms with Crippen LogP contribution in [0.4, 0.5) is 0 Å². The zero-order valence-corrected chi connectivity index (χ0v) is 6.76. The average Bonchev–Trinajstić information content (AvgIpc) is 2.11. The quantitative estimate of drug-likeness (QED) is 0.383. The van der Waals surface area contributed by atoms with Gasteiger partial charge in [0, 0.05) is 6.42 Å². The Morgan fingerprint density at radius 2 is 2.10 bits per heavy atom. The molecule has 0 saturated carbocycles. The van der Waals surface area contributed by atoms with E-state index in [4.69, 9.17) is 4.74 Å². The molecule has 3 nitrogen and oxygen atoms in total. The van der Waals surface area contributed by atoms with Crippen molar-refractivity contribution in [1.29, 1.82) is 0 Å². The molecule has 1 saturated heterocycles. The van der Waals surface area contributed by atoms with Crippen LogP contribution in [0.25, 0.3) is 0 Å². The molecular weight excluding hydrogens is 130 g/mol. The van der Waals surface area contributed by atoms with Crippen LogP contribution in [-0.4, -0.2) is 44.2 Å². The molecule has 58 valence electrons. The Morgan fingerprint density at radius 1 is 1.50 bits per heavy atom. The Labute approximate surface area is 61.2 Å². The number of hydrogen-bond acceptors (Lipinski definition) is 2. The molecule has 0 N–H and O–H groups in total. The Hall–Kier alpha value is -0.570. The van der Waals surface area contributed by atoms with Crippen LogP contribution in [-0.2, 0) is 9.53 Å². The van der Waals surface area contributed by atoms with Gasteiger partial charge in [-0.1, -0.05) is 0 Å². The van der Waals surface area contributed by atoms with Gasteiger partial charge in [-0.3, -0.25) is 0 Å². The Bertz CT molecular complexity index is 148. The number of likely N-dealkylation sites (N-methyl/N-ethyl adjacent to an activating group) is 1. The van der Waals surface area contributed by atoms with Crippen molar-refractivity contribution in [1.82, 2.24) is 0 Å². The van der Waals surface area contributed by atoms with Gasteiger partial charge in [-0.05, 0) is 0 Å². The lowest BCUT2D eigenvalue weighted by Crippen LogP contribution is -2.47. The molecule has 0 aromatic heterocycles. The first-order valence-corrected chi connectivity index (χ1v) is 3.49. The van der Waals surface area contributed by atoms with E-state index in [1.165, 1.54) is 0 Å². The van der Waals surface area contributed by atoms with Gasteiger partial charge in [-0.15, -0.1) is 0 Å². The number of esters is 1. The average molecular weight is 144 g/mol. The molecule has 1 unspecified atom stereocenters. The maximum atomic E-state index is 11.0. The molecule has 1 heterocycles. The molecule has 0 bridgehead atoms. The SMILES string of the molecule is C[N+](C)(C)C1CCOC1=O. The van der Waals surface area contributed by atoms with Crippen molar-refractivity contribution < 1.29 is 14.0 Å². The highest BCUT2D eigenvalue weighted by atomic mass is 16.5. The number of carbonyl (C=O) groups is 1. The van der Waals surface area contributed by atoms with Crippen LogP contribution < -0.4 is 0 Å². The number of ether oxygens (including phenoxy) is 1. The van der Waals surface area contributed by atoms with E-state index in [1.54, 1.807) is 0 Å². The molecule has 0 aromatic carbocycles. The van der Waals surface area contributed by atoms with E-state index in [-0.39, 0.29) is 12.0 Å². The zero-order chi connectivity index (χ0) is 7.78. The smallest absolute Gasteiger partial charge is 0.365 e. The highest BCUT2D eigenvalue weighted by Crippen LogP contribution is 2.15. The summed E-state index contributed by atoms with van der Waals surface area (Å²) in [5.41, 5.74) is 0. The zero-order valence-electron chi connectivity index (χ0n) is 6.76. The van der Waals surface area contributed by atoms with E-state index in [1.807, 2.05) is 21.1 Å². The van der Waals surface area contributed by atoms with Crippen LogP contribution in [0.2, 0.25) is 0 Å².